The summed E-state index contributed by atoms with van der Waals surface area (Å²) in [5.41, 5.74) is 0.711. The number of methoxy groups -OCH3 is 1. The van der Waals surface area contributed by atoms with E-state index in [0.717, 1.165) is 12.1 Å². The van der Waals surface area contributed by atoms with E-state index in [4.69, 9.17) is 4.74 Å². The molecule has 0 aliphatic heterocycles. The number of amides is 1. The maximum atomic E-state index is 12.6. The van der Waals surface area contributed by atoms with E-state index < -0.39 is 0 Å². The molecule has 0 bridgehead atoms. The molecule has 0 aliphatic carbocycles. The minimum Gasteiger partial charge on any atom is -0.491 e. The molecule has 6 nitrogen and oxygen atoms in total. The summed E-state index contributed by atoms with van der Waals surface area (Å²) in [7, 11) is 3.11. The Morgan fingerprint density at radius 3 is 2.77 bits per heavy atom. The topological polar surface area (TPSA) is 75.3 Å². The number of nitrogens with one attached hydrogen (secondary N) is 1. The molecule has 0 unspecified atom stereocenters. The number of aromatic amines is 1. The summed E-state index contributed by atoms with van der Waals surface area (Å²) in [5.74, 6) is -0.0896. The molecule has 2 aromatic rings. The van der Waals surface area contributed by atoms with Crippen LogP contribution in [0.4, 0.5) is 0 Å². The van der Waals surface area contributed by atoms with Crippen LogP contribution < -0.4 is 10.2 Å². The number of carbonyl (C=O) groups excluding carboxylic acids is 1. The standard InChI is InChI=1S/C16H19N3O3/c1-4-13(11-7-5-6-8-17-11)19(2)16(21)12-9-14(20)15(22-3)10-18-12/h5-10,13H,4H2,1-3H3,(H,18,20)/t13-/m0/s1. The van der Waals surface area contributed by atoms with Crippen molar-refractivity contribution in [1.29, 1.82) is 0 Å². The lowest BCUT2D eigenvalue weighted by Gasteiger charge is -2.26. The minimum atomic E-state index is -0.330. The highest BCUT2D eigenvalue weighted by Crippen LogP contribution is 2.22. The maximum absolute atomic E-state index is 12.6. The molecule has 0 radical (unpaired) electrons. The van der Waals surface area contributed by atoms with Crippen LogP contribution >= 0.6 is 0 Å². The van der Waals surface area contributed by atoms with Crippen molar-refractivity contribution in [2.24, 2.45) is 0 Å². The van der Waals surface area contributed by atoms with E-state index in [1.54, 1.807) is 18.1 Å². The predicted molar refractivity (Wildman–Crippen MR) is 83.0 cm³/mol. The fourth-order valence-corrected chi connectivity index (χ4v) is 2.33. The maximum Gasteiger partial charge on any atom is 0.270 e. The third-order valence-electron chi connectivity index (χ3n) is 3.53. The van der Waals surface area contributed by atoms with Gasteiger partial charge in [-0.25, -0.2) is 0 Å². The Bertz CT molecular complexity index is 697. The van der Waals surface area contributed by atoms with Crippen LogP contribution in [0.2, 0.25) is 0 Å². The second-order valence-corrected chi connectivity index (χ2v) is 4.87. The largest absolute Gasteiger partial charge is 0.491 e. The lowest BCUT2D eigenvalue weighted by atomic mass is 10.1. The van der Waals surface area contributed by atoms with Crippen LogP contribution in [-0.2, 0) is 0 Å². The van der Waals surface area contributed by atoms with Crippen molar-refractivity contribution in [2.75, 3.05) is 14.2 Å². The van der Waals surface area contributed by atoms with E-state index in [0.29, 0.717) is 0 Å². The molecule has 2 heterocycles. The first kappa shape index (κ1) is 15.8. The van der Waals surface area contributed by atoms with Gasteiger partial charge in [-0.15, -0.1) is 0 Å². The van der Waals surface area contributed by atoms with Crippen molar-refractivity contribution in [2.45, 2.75) is 19.4 Å². The number of pyridine rings is 2. The highest BCUT2D eigenvalue weighted by Gasteiger charge is 2.23. The fourth-order valence-electron chi connectivity index (χ4n) is 2.33. The van der Waals surface area contributed by atoms with Gasteiger partial charge in [0.15, 0.2) is 5.75 Å². The van der Waals surface area contributed by atoms with E-state index in [-0.39, 0.29) is 28.8 Å². The van der Waals surface area contributed by atoms with Gasteiger partial charge in [-0.05, 0) is 18.6 Å². The summed E-state index contributed by atoms with van der Waals surface area (Å²) in [4.78, 5) is 33.0. The number of hydrogen-bond donors (Lipinski definition) is 1. The van der Waals surface area contributed by atoms with Crippen LogP contribution in [0.5, 0.6) is 5.75 Å². The SMILES string of the molecule is CC[C@@H](c1ccccn1)N(C)C(=O)c1cc(=O)c(OC)c[nH]1. The Morgan fingerprint density at radius 2 is 2.23 bits per heavy atom. The van der Waals surface area contributed by atoms with E-state index in [1.165, 1.54) is 19.4 Å². The second-order valence-electron chi connectivity index (χ2n) is 4.87. The molecule has 6 heteroatoms. The number of H-pyrrole nitrogens is 1. The Kier molecular flexibility index (Phi) is 4.93. The van der Waals surface area contributed by atoms with Crippen molar-refractivity contribution in [3.05, 3.63) is 58.3 Å². The van der Waals surface area contributed by atoms with Crippen molar-refractivity contribution < 1.29 is 9.53 Å². The molecule has 1 atom stereocenters. The average molecular weight is 301 g/mol. The smallest absolute Gasteiger partial charge is 0.270 e. The molecule has 2 aromatic heterocycles. The van der Waals surface area contributed by atoms with E-state index in [2.05, 4.69) is 9.97 Å². The van der Waals surface area contributed by atoms with Crippen LogP contribution in [-0.4, -0.2) is 34.9 Å². The summed E-state index contributed by atoms with van der Waals surface area (Å²) in [6.07, 6.45) is 3.82. The average Bonchev–Trinajstić information content (AvgIpc) is 2.55. The Balaban J connectivity index is 2.28. The van der Waals surface area contributed by atoms with Gasteiger partial charge < -0.3 is 14.6 Å². The first-order chi connectivity index (χ1) is 10.6. The van der Waals surface area contributed by atoms with Crippen LogP contribution in [0.3, 0.4) is 0 Å². The van der Waals surface area contributed by atoms with E-state index in [9.17, 15) is 9.59 Å². The number of aromatic nitrogens is 2. The van der Waals surface area contributed by atoms with Crippen LogP contribution in [0.15, 0.2) is 41.5 Å². The Morgan fingerprint density at radius 1 is 1.45 bits per heavy atom. The normalized spacial score (nSPS) is 11.8. The number of nitrogens with zero attached hydrogens (tertiary/aromatic N) is 2. The monoisotopic (exact) mass is 301 g/mol. The van der Waals surface area contributed by atoms with Crippen LogP contribution in [0.1, 0.15) is 35.6 Å². The van der Waals surface area contributed by atoms with Crippen LogP contribution in [0, 0.1) is 0 Å². The van der Waals surface area contributed by atoms with Gasteiger partial charge in [-0.1, -0.05) is 13.0 Å². The molecule has 0 aliphatic rings. The molecule has 0 fully saturated rings. The third kappa shape index (κ3) is 3.16. The van der Waals surface area contributed by atoms with Gasteiger partial charge in [0.1, 0.15) is 5.69 Å². The molecule has 0 saturated carbocycles. The molecule has 0 spiro atoms. The number of ether oxygens (including phenoxy) is 1. The van der Waals surface area contributed by atoms with Gasteiger partial charge in [0.25, 0.3) is 5.91 Å². The molecule has 116 valence electrons. The Labute approximate surface area is 128 Å². The molecular formula is C16H19N3O3. The number of rotatable bonds is 5. The highest BCUT2D eigenvalue weighted by atomic mass is 16.5. The first-order valence-corrected chi connectivity index (χ1v) is 7.03. The van der Waals surface area contributed by atoms with Gasteiger partial charge in [0, 0.05) is 25.5 Å². The zero-order chi connectivity index (χ0) is 16.1. The van der Waals surface area contributed by atoms with Gasteiger partial charge >= 0.3 is 0 Å². The summed E-state index contributed by atoms with van der Waals surface area (Å²) in [5, 5.41) is 0. The van der Waals surface area contributed by atoms with Crippen molar-refractivity contribution in [3.8, 4) is 5.75 Å². The minimum absolute atomic E-state index is 0.153. The highest BCUT2D eigenvalue weighted by molar-refractivity contribution is 5.92. The fraction of sp³-hybridized carbons (Fsp3) is 0.312. The van der Waals surface area contributed by atoms with Crippen molar-refractivity contribution in [3.63, 3.8) is 0 Å². The van der Waals surface area contributed by atoms with Gasteiger partial charge in [0.2, 0.25) is 5.43 Å². The van der Waals surface area contributed by atoms with Crippen LogP contribution in [0.25, 0.3) is 0 Å². The molecule has 1 amide bonds. The summed E-state index contributed by atoms with van der Waals surface area (Å²) in [6, 6.07) is 6.70. The molecule has 1 N–H and O–H groups in total. The molecular weight excluding hydrogens is 282 g/mol. The quantitative estimate of drug-likeness (QED) is 0.916. The lowest BCUT2D eigenvalue weighted by Crippen LogP contribution is -2.32. The molecule has 0 aromatic carbocycles. The second kappa shape index (κ2) is 6.89. The first-order valence-electron chi connectivity index (χ1n) is 7.03. The predicted octanol–water partition coefficient (Wildman–Crippen LogP) is 2.00. The molecule has 2 rings (SSSR count). The zero-order valence-corrected chi connectivity index (χ0v) is 12.9. The number of carbonyl (C=O) groups is 1. The number of hydrogen-bond acceptors (Lipinski definition) is 4. The zero-order valence-electron chi connectivity index (χ0n) is 12.9. The third-order valence-corrected chi connectivity index (χ3v) is 3.53. The summed E-state index contributed by atoms with van der Waals surface area (Å²) in [6.45, 7) is 1.99. The van der Waals surface area contributed by atoms with E-state index >= 15 is 0 Å². The van der Waals surface area contributed by atoms with Crippen molar-refractivity contribution in [1.82, 2.24) is 14.9 Å². The Hall–Kier alpha value is -2.63. The van der Waals surface area contributed by atoms with Gasteiger partial charge in [0.05, 0.1) is 18.8 Å². The molecule has 22 heavy (non-hydrogen) atoms. The van der Waals surface area contributed by atoms with Gasteiger partial charge in [-0.2, -0.15) is 0 Å². The van der Waals surface area contributed by atoms with Gasteiger partial charge in [-0.3, -0.25) is 14.6 Å². The lowest BCUT2D eigenvalue weighted by molar-refractivity contribution is 0.0716. The van der Waals surface area contributed by atoms with Crippen molar-refractivity contribution >= 4 is 5.91 Å². The molecule has 0 saturated heterocycles. The summed E-state index contributed by atoms with van der Waals surface area (Å²) >= 11 is 0. The summed E-state index contributed by atoms with van der Waals surface area (Å²) < 4.78 is 4.90. The van der Waals surface area contributed by atoms with E-state index in [1.807, 2.05) is 25.1 Å².